The minimum Gasteiger partial charge on any atom is -0.308 e. The van der Waals surface area contributed by atoms with Crippen LogP contribution in [0.3, 0.4) is 0 Å². The average Bonchev–Trinajstić information content (AvgIpc) is 2.64. The van der Waals surface area contributed by atoms with Gasteiger partial charge in [0.05, 0.1) is 12.5 Å². The summed E-state index contributed by atoms with van der Waals surface area (Å²) in [5.41, 5.74) is 2.16. The number of nitrogens with zero attached hydrogens (tertiary/aromatic N) is 1. The molecule has 0 aliphatic carbocycles. The van der Waals surface area contributed by atoms with E-state index in [0.717, 1.165) is 17.7 Å². The molecule has 1 aliphatic heterocycles. The molecule has 1 amide bonds. The molecule has 1 heterocycles. The summed E-state index contributed by atoms with van der Waals surface area (Å²) in [7, 11) is 3.31. The second-order valence-electron chi connectivity index (χ2n) is 4.06. The molecule has 1 unspecified atom stereocenters. The van der Waals surface area contributed by atoms with Crippen LogP contribution in [-0.2, 0) is 9.59 Å². The lowest BCUT2D eigenvalue weighted by Crippen LogP contribution is -2.52. The number of rotatable bonds is 6. The van der Waals surface area contributed by atoms with Gasteiger partial charge in [0.2, 0.25) is 5.91 Å². The SMILES string of the molecule is C=C/C=C(\C=C/C)C1CC(=O)N1/C(=C/C=P)CC.C=O.CC.CC. The lowest BCUT2D eigenvalue weighted by molar-refractivity contribution is -0.140. The maximum absolute atomic E-state index is 11.8. The number of hydrogen-bond acceptors (Lipinski definition) is 2. The second kappa shape index (κ2) is 19.3. The number of allylic oxidation sites excluding steroid dienone is 5. The molecule has 1 aliphatic rings. The summed E-state index contributed by atoms with van der Waals surface area (Å²) in [6, 6.07) is 0.143. The van der Waals surface area contributed by atoms with E-state index in [1.165, 1.54) is 0 Å². The summed E-state index contributed by atoms with van der Waals surface area (Å²) in [5.74, 6) is 1.97. The van der Waals surface area contributed by atoms with Crippen LogP contribution in [0.25, 0.3) is 0 Å². The number of carbonyl (C=O) groups excluding carboxylic acids is 2. The first-order valence-electron chi connectivity index (χ1n) is 8.45. The Morgan fingerprint density at radius 1 is 1.25 bits per heavy atom. The van der Waals surface area contributed by atoms with E-state index in [9.17, 15) is 4.79 Å². The van der Waals surface area contributed by atoms with E-state index < -0.39 is 0 Å². The molecule has 136 valence electrons. The molecule has 0 bridgehead atoms. The van der Waals surface area contributed by atoms with Gasteiger partial charge in [-0.1, -0.05) is 65.5 Å². The highest BCUT2D eigenvalue weighted by molar-refractivity contribution is 7.18. The van der Waals surface area contributed by atoms with E-state index in [1.807, 2.05) is 70.6 Å². The van der Waals surface area contributed by atoms with Crippen molar-refractivity contribution in [1.82, 2.24) is 4.90 Å². The molecule has 1 saturated heterocycles. The zero-order valence-electron chi connectivity index (χ0n) is 16.1. The summed E-state index contributed by atoms with van der Waals surface area (Å²) < 4.78 is 0. The Bertz CT molecular complexity index is 451. The van der Waals surface area contributed by atoms with Crippen molar-refractivity contribution in [3.05, 3.63) is 48.2 Å². The van der Waals surface area contributed by atoms with Gasteiger partial charge in [-0.15, -0.1) is 8.86 Å². The zero-order chi connectivity index (χ0) is 19.5. The molecule has 1 fully saturated rings. The van der Waals surface area contributed by atoms with Crippen molar-refractivity contribution in [1.29, 1.82) is 0 Å². The van der Waals surface area contributed by atoms with Gasteiger partial charge in [-0.3, -0.25) is 4.79 Å². The third-order valence-corrected chi connectivity index (χ3v) is 3.12. The van der Waals surface area contributed by atoms with Crippen LogP contribution in [-0.4, -0.2) is 29.4 Å². The van der Waals surface area contributed by atoms with E-state index in [1.54, 1.807) is 11.9 Å². The number of β-lactam (4-membered cyclic amide) rings is 1. The summed E-state index contributed by atoms with van der Waals surface area (Å²) >= 11 is 0. The van der Waals surface area contributed by atoms with E-state index in [-0.39, 0.29) is 11.9 Å². The average molecular weight is 351 g/mol. The lowest BCUT2D eigenvalue weighted by atomic mass is 9.91. The van der Waals surface area contributed by atoms with Gasteiger partial charge in [0.25, 0.3) is 0 Å². The molecule has 0 spiro atoms. The van der Waals surface area contributed by atoms with Gasteiger partial charge in [0.1, 0.15) is 6.79 Å². The van der Waals surface area contributed by atoms with E-state index in [0.29, 0.717) is 6.42 Å². The summed E-state index contributed by atoms with van der Waals surface area (Å²) in [6.07, 6.45) is 11.1. The summed E-state index contributed by atoms with van der Waals surface area (Å²) in [6.45, 7) is 17.8. The maximum Gasteiger partial charge on any atom is 0.229 e. The molecule has 24 heavy (non-hydrogen) atoms. The molecular formula is C20H34NO2P. The number of amides is 1. The van der Waals surface area contributed by atoms with Crippen LogP contribution in [0.1, 0.15) is 54.4 Å². The molecule has 0 aromatic rings. The highest BCUT2D eigenvalue weighted by Gasteiger charge is 2.38. The molecule has 3 nitrogen and oxygen atoms in total. The molecular weight excluding hydrogens is 317 g/mol. The first-order chi connectivity index (χ1) is 11.7. The van der Waals surface area contributed by atoms with Gasteiger partial charge in [-0.05, 0) is 30.8 Å². The quantitative estimate of drug-likeness (QED) is 0.366. The van der Waals surface area contributed by atoms with Crippen LogP contribution >= 0.6 is 8.86 Å². The Hall–Kier alpha value is -1.73. The van der Waals surface area contributed by atoms with Crippen LogP contribution in [0, 0.1) is 0 Å². The van der Waals surface area contributed by atoms with E-state index in [4.69, 9.17) is 4.79 Å². The van der Waals surface area contributed by atoms with Crippen molar-refractivity contribution < 1.29 is 9.59 Å². The summed E-state index contributed by atoms with van der Waals surface area (Å²) in [4.78, 5) is 21.7. The minimum atomic E-state index is 0.143. The minimum absolute atomic E-state index is 0.143. The van der Waals surface area contributed by atoms with Crippen molar-refractivity contribution in [3.63, 3.8) is 0 Å². The fourth-order valence-electron chi connectivity index (χ4n) is 2.11. The number of hydrogen-bond donors (Lipinski definition) is 0. The van der Waals surface area contributed by atoms with E-state index >= 15 is 0 Å². The topological polar surface area (TPSA) is 37.4 Å². The standard InChI is InChI=1S/C15H20NOP.2C2H6.CH2O/c1-4-7-12(8-5-2)14-11-15(17)16(14)13(6-3)9-10-18;3*1-2/h4-5,7-10,14,18H,1,6,11H2,2-3H3;2*1-2H3;1H2/b8-5-,12-7+,13-9+;;;. The third-order valence-electron chi connectivity index (χ3n) is 2.95. The third kappa shape index (κ3) is 8.79. The first kappa shape index (κ1) is 27.1. The fourth-order valence-corrected chi connectivity index (χ4v) is 2.31. The van der Waals surface area contributed by atoms with Crippen molar-refractivity contribution in [2.24, 2.45) is 0 Å². The predicted octanol–water partition coefficient (Wildman–Crippen LogP) is 5.38. The number of carbonyl (C=O) groups is 2. The Morgan fingerprint density at radius 3 is 2.12 bits per heavy atom. The number of likely N-dealkylation sites (tertiary alicyclic amines) is 1. The van der Waals surface area contributed by atoms with Crippen LogP contribution in [0.4, 0.5) is 0 Å². The Balaban J connectivity index is -0.000000659. The normalized spacial score (nSPS) is 16.5. The molecule has 4 heteroatoms. The Kier molecular flexibility index (Phi) is 21.8. The van der Waals surface area contributed by atoms with Crippen LogP contribution in [0.5, 0.6) is 0 Å². The van der Waals surface area contributed by atoms with Crippen molar-refractivity contribution in [2.45, 2.75) is 60.4 Å². The molecule has 0 N–H and O–H groups in total. The lowest BCUT2D eigenvalue weighted by Gasteiger charge is -2.42. The largest absolute Gasteiger partial charge is 0.308 e. The van der Waals surface area contributed by atoms with Crippen molar-refractivity contribution in [3.8, 4) is 0 Å². The molecule has 0 saturated carbocycles. The molecule has 0 radical (unpaired) electrons. The molecule has 1 atom stereocenters. The first-order valence-corrected chi connectivity index (χ1v) is 9.03. The second-order valence-corrected chi connectivity index (χ2v) is 4.40. The predicted molar refractivity (Wildman–Crippen MR) is 111 cm³/mol. The van der Waals surface area contributed by atoms with Gasteiger partial charge < -0.3 is 9.69 Å². The highest BCUT2D eigenvalue weighted by Crippen LogP contribution is 2.31. The molecule has 0 aromatic carbocycles. The smallest absolute Gasteiger partial charge is 0.229 e. The Labute approximate surface area is 151 Å². The molecule has 1 rings (SSSR count). The van der Waals surface area contributed by atoms with Crippen molar-refractivity contribution in [2.75, 3.05) is 0 Å². The highest BCUT2D eigenvalue weighted by atomic mass is 31.0. The van der Waals surface area contributed by atoms with Crippen LogP contribution in [0.2, 0.25) is 0 Å². The van der Waals surface area contributed by atoms with Gasteiger partial charge in [-0.2, -0.15) is 0 Å². The Morgan fingerprint density at radius 2 is 1.79 bits per heavy atom. The maximum atomic E-state index is 11.8. The molecule has 0 aromatic heterocycles. The van der Waals surface area contributed by atoms with Gasteiger partial charge >= 0.3 is 0 Å². The van der Waals surface area contributed by atoms with Gasteiger partial charge in [-0.25, -0.2) is 0 Å². The van der Waals surface area contributed by atoms with Crippen LogP contribution in [0.15, 0.2) is 48.2 Å². The van der Waals surface area contributed by atoms with Crippen molar-refractivity contribution >= 4 is 27.4 Å². The zero-order valence-corrected chi connectivity index (χ0v) is 17.1. The van der Waals surface area contributed by atoms with Gasteiger partial charge in [0.15, 0.2) is 0 Å². The summed E-state index contributed by atoms with van der Waals surface area (Å²) in [5, 5.41) is 0. The monoisotopic (exact) mass is 351 g/mol. The van der Waals surface area contributed by atoms with E-state index in [2.05, 4.69) is 22.4 Å². The van der Waals surface area contributed by atoms with Gasteiger partial charge in [0, 0.05) is 5.70 Å². The fraction of sp³-hybridized carbons (Fsp3) is 0.450. The van der Waals surface area contributed by atoms with Crippen LogP contribution < -0.4 is 0 Å².